The van der Waals surface area contributed by atoms with Crippen molar-refractivity contribution >= 4 is 5.91 Å². The summed E-state index contributed by atoms with van der Waals surface area (Å²) in [6.07, 6.45) is 0.651. The van der Waals surface area contributed by atoms with E-state index in [2.05, 4.69) is 15.4 Å². The highest BCUT2D eigenvalue weighted by Crippen LogP contribution is 2.18. The van der Waals surface area contributed by atoms with Gasteiger partial charge < -0.3 is 5.32 Å². The van der Waals surface area contributed by atoms with Crippen LogP contribution in [0.4, 0.5) is 8.78 Å². The van der Waals surface area contributed by atoms with E-state index < -0.39 is 6.43 Å². The predicted molar refractivity (Wildman–Crippen MR) is 72.7 cm³/mol. The van der Waals surface area contributed by atoms with Crippen LogP contribution in [0.2, 0.25) is 0 Å². The largest absolute Gasteiger partial charge is 0.348 e. The Morgan fingerprint density at radius 3 is 2.62 bits per heavy atom. The van der Waals surface area contributed by atoms with Crippen molar-refractivity contribution in [3.63, 3.8) is 0 Å². The second-order valence-corrected chi connectivity index (χ2v) is 4.74. The Hall–Kier alpha value is -2.31. The van der Waals surface area contributed by atoms with Crippen LogP contribution in [0, 0.1) is 6.92 Å². The fourth-order valence-electron chi connectivity index (χ4n) is 1.96. The number of aromatic nitrogens is 3. The maximum absolute atomic E-state index is 12.5. The predicted octanol–water partition coefficient (Wildman–Crippen LogP) is 2.40. The zero-order valence-electron chi connectivity index (χ0n) is 11.8. The quantitative estimate of drug-likeness (QED) is 0.921. The van der Waals surface area contributed by atoms with Crippen molar-refractivity contribution in [1.82, 2.24) is 20.1 Å². The second kappa shape index (κ2) is 6.43. The molecule has 0 radical (unpaired) electrons. The number of carbonyl (C=O) groups is 1. The first kappa shape index (κ1) is 15.1. The van der Waals surface area contributed by atoms with E-state index in [1.807, 2.05) is 6.92 Å². The molecule has 0 aliphatic carbocycles. The van der Waals surface area contributed by atoms with Crippen LogP contribution in [0.5, 0.6) is 0 Å². The van der Waals surface area contributed by atoms with E-state index in [-0.39, 0.29) is 24.2 Å². The van der Waals surface area contributed by atoms with E-state index in [1.54, 1.807) is 31.5 Å². The van der Waals surface area contributed by atoms with Gasteiger partial charge in [0, 0.05) is 18.1 Å². The van der Waals surface area contributed by atoms with Crippen molar-refractivity contribution in [1.29, 1.82) is 0 Å². The molecule has 1 N–H and O–H groups in total. The van der Waals surface area contributed by atoms with Crippen molar-refractivity contribution in [3.05, 3.63) is 47.5 Å². The van der Waals surface area contributed by atoms with Gasteiger partial charge in [-0.25, -0.2) is 8.78 Å². The van der Waals surface area contributed by atoms with Crippen molar-refractivity contribution in [2.75, 3.05) is 0 Å². The Balaban J connectivity index is 1.99. The van der Waals surface area contributed by atoms with E-state index in [0.29, 0.717) is 5.69 Å². The first-order valence-electron chi connectivity index (χ1n) is 6.49. The Bertz CT molecular complexity index is 613. The third-order valence-corrected chi connectivity index (χ3v) is 3.10. The molecule has 0 saturated carbocycles. The molecular weight excluding hydrogens is 278 g/mol. The van der Waals surface area contributed by atoms with E-state index in [1.165, 1.54) is 10.7 Å². The van der Waals surface area contributed by atoms with Gasteiger partial charge in [-0.05, 0) is 37.6 Å². The fraction of sp³-hybridized carbons (Fsp3) is 0.357. The average molecular weight is 294 g/mol. The average Bonchev–Trinajstić information content (AvgIpc) is 2.81. The molecule has 2 heterocycles. The lowest BCUT2D eigenvalue weighted by molar-refractivity contribution is -0.122. The molecule has 1 amide bonds. The molecule has 112 valence electrons. The number of hydrogen-bond donors (Lipinski definition) is 1. The Morgan fingerprint density at radius 1 is 1.38 bits per heavy atom. The number of rotatable bonds is 5. The molecule has 7 heteroatoms. The highest BCUT2D eigenvalue weighted by Gasteiger charge is 2.16. The monoisotopic (exact) mass is 294 g/mol. The first-order chi connectivity index (χ1) is 9.97. The molecule has 0 unspecified atom stereocenters. The number of nitrogens with zero attached hydrogens (tertiary/aromatic N) is 3. The third kappa shape index (κ3) is 3.84. The molecule has 0 saturated heterocycles. The summed E-state index contributed by atoms with van der Waals surface area (Å²) in [5.41, 5.74) is 1.13. The molecule has 5 nitrogen and oxygen atoms in total. The molecule has 21 heavy (non-hydrogen) atoms. The molecule has 0 bridgehead atoms. The lowest BCUT2D eigenvalue weighted by atomic mass is 10.1. The van der Waals surface area contributed by atoms with E-state index in [0.717, 1.165) is 5.56 Å². The second-order valence-electron chi connectivity index (χ2n) is 4.74. The maximum atomic E-state index is 12.5. The smallest absolute Gasteiger partial charge is 0.282 e. The van der Waals surface area contributed by atoms with Crippen LogP contribution in [0.3, 0.4) is 0 Å². The topological polar surface area (TPSA) is 59.8 Å². The van der Waals surface area contributed by atoms with Crippen molar-refractivity contribution in [2.45, 2.75) is 32.9 Å². The highest BCUT2D eigenvalue weighted by atomic mass is 19.3. The molecule has 1 atom stereocenters. The Morgan fingerprint density at radius 2 is 2.05 bits per heavy atom. The van der Waals surface area contributed by atoms with Gasteiger partial charge in [0.25, 0.3) is 6.43 Å². The van der Waals surface area contributed by atoms with E-state index in [9.17, 15) is 13.6 Å². The standard InChI is InChI=1S/C14H16F2N4O/c1-9-7-12(14(15)16)19-20(9)8-13(21)18-10(2)11-3-5-17-6-4-11/h3-7,10,14H,8H2,1-2H3,(H,18,21)/t10-/m1/s1. The van der Waals surface area contributed by atoms with Gasteiger partial charge in [-0.15, -0.1) is 0 Å². The summed E-state index contributed by atoms with van der Waals surface area (Å²) >= 11 is 0. The third-order valence-electron chi connectivity index (χ3n) is 3.10. The lowest BCUT2D eigenvalue weighted by Crippen LogP contribution is -2.30. The van der Waals surface area contributed by atoms with Crippen LogP contribution in [0.1, 0.15) is 36.3 Å². The van der Waals surface area contributed by atoms with Crippen LogP contribution in [-0.4, -0.2) is 20.7 Å². The molecule has 0 aromatic carbocycles. The molecule has 2 rings (SSSR count). The van der Waals surface area contributed by atoms with Gasteiger partial charge in [0.05, 0.1) is 6.04 Å². The van der Waals surface area contributed by atoms with Gasteiger partial charge >= 0.3 is 0 Å². The zero-order valence-corrected chi connectivity index (χ0v) is 11.8. The first-order valence-corrected chi connectivity index (χ1v) is 6.49. The van der Waals surface area contributed by atoms with Crippen LogP contribution < -0.4 is 5.32 Å². The number of carbonyl (C=O) groups excluding carboxylic acids is 1. The number of amides is 1. The number of aryl methyl sites for hydroxylation is 1. The number of alkyl halides is 2. The Kier molecular flexibility index (Phi) is 4.62. The number of nitrogens with one attached hydrogen (secondary N) is 1. The molecule has 0 fully saturated rings. The summed E-state index contributed by atoms with van der Waals surface area (Å²) in [6.45, 7) is 3.39. The van der Waals surface area contributed by atoms with Crippen LogP contribution >= 0.6 is 0 Å². The minimum Gasteiger partial charge on any atom is -0.348 e. The van der Waals surface area contributed by atoms with Gasteiger partial charge in [0.2, 0.25) is 5.91 Å². The molecule has 0 spiro atoms. The fourth-order valence-corrected chi connectivity index (χ4v) is 1.96. The van der Waals surface area contributed by atoms with Gasteiger partial charge in [0.1, 0.15) is 12.2 Å². The summed E-state index contributed by atoms with van der Waals surface area (Å²) in [5.74, 6) is -0.286. The van der Waals surface area contributed by atoms with Gasteiger partial charge in [-0.2, -0.15) is 5.10 Å². The van der Waals surface area contributed by atoms with Crippen LogP contribution in [0.15, 0.2) is 30.6 Å². The normalized spacial score (nSPS) is 12.4. The van der Waals surface area contributed by atoms with Crippen LogP contribution in [-0.2, 0) is 11.3 Å². The number of pyridine rings is 1. The van der Waals surface area contributed by atoms with E-state index >= 15 is 0 Å². The lowest BCUT2D eigenvalue weighted by Gasteiger charge is -2.14. The van der Waals surface area contributed by atoms with Crippen molar-refractivity contribution in [2.24, 2.45) is 0 Å². The minimum atomic E-state index is -2.64. The summed E-state index contributed by atoms with van der Waals surface area (Å²) in [6, 6.07) is 4.70. The molecule has 2 aromatic rings. The summed E-state index contributed by atoms with van der Waals surface area (Å²) in [5, 5.41) is 6.52. The summed E-state index contributed by atoms with van der Waals surface area (Å²) in [7, 11) is 0. The van der Waals surface area contributed by atoms with Gasteiger partial charge in [-0.3, -0.25) is 14.5 Å². The molecular formula is C14H16F2N4O. The zero-order chi connectivity index (χ0) is 15.4. The summed E-state index contributed by atoms with van der Waals surface area (Å²) < 4.78 is 26.4. The molecule has 0 aliphatic heterocycles. The van der Waals surface area contributed by atoms with Crippen molar-refractivity contribution < 1.29 is 13.6 Å². The number of hydrogen-bond acceptors (Lipinski definition) is 3. The molecule has 0 aliphatic rings. The van der Waals surface area contributed by atoms with Crippen molar-refractivity contribution in [3.8, 4) is 0 Å². The molecule has 2 aromatic heterocycles. The minimum absolute atomic E-state index is 0.0893. The number of halogens is 2. The highest BCUT2D eigenvalue weighted by molar-refractivity contribution is 5.76. The van der Waals surface area contributed by atoms with Gasteiger partial charge in [-0.1, -0.05) is 0 Å². The van der Waals surface area contributed by atoms with Gasteiger partial charge in [0.15, 0.2) is 0 Å². The van der Waals surface area contributed by atoms with E-state index in [4.69, 9.17) is 0 Å². The summed E-state index contributed by atoms with van der Waals surface area (Å²) in [4.78, 5) is 15.9. The van der Waals surface area contributed by atoms with Crippen LogP contribution in [0.25, 0.3) is 0 Å². The Labute approximate surface area is 121 Å². The SMILES string of the molecule is Cc1cc(C(F)F)nn1CC(=O)N[C@H](C)c1ccncc1. The maximum Gasteiger partial charge on any atom is 0.282 e.